The van der Waals surface area contributed by atoms with Crippen molar-refractivity contribution in [3.63, 3.8) is 0 Å². The Morgan fingerprint density at radius 1 is 1.22 bits per heavy atom. The molecule has 0 radical (unpaired) electrons. The molecule has 1 amide bonds. The lowest BCUT2D eigenvalue weighted by atomic mass is 10.1. The Labute approximate surface area is 158 Å². The van der Waals surface area contributed by atoms with Crippen LogP contribution in [0.5, 0.6) is 0 Å². The summed E-state index contributed by atoms with van der Waals surface area (Å²) in [5.74, 6) is 1.44. The van der Waals surface area contributed by atoms with Crippen molar-refractivity contribution in [1.82, 2.24) is 20.2 Å². The summed E-state index contributed by atoms with van der Waals surface area (Å²) < 4.78 is 11.0. The number of ether oxygens (including phenoxy) is 1. The number of rotatable bonds is 5. The van der Waals surface area contributed by atoms with Gasteiger partial charge in [0.25, 0.3) is 5.91 Å². The molecule has 8 heteroatoms. The zero-order chi connectivity index (χ0) is 18.5. The summed E-state index contributed by atoms with van der Waals surface area (Å²) >= 11 is 0. The summed E-state index contributed by atoms with van der Waals surface area (Å²) in [5.41, 5.74) is 0.575. The van der Waals surface area contributed by atoms with Gasteiger partial charge in [0.15, 0.2) is 0 Å². The molecule has 0 aromatic carbocycles. The van der Waals surface area contributed by atoms with Crippen LogP contribution in [0.2, 0.25) is 0 Å². The average molecular weight is 371 g/mol. The molecule has 0 aliphatic carbocycles. The van der Waals surface area contributed by atoms with E-state index in [1.54, 1.807) is 24.7 Å². The van der Waals surface area contributed by atoms with Crippen molar-refractivity contribution in [2.75, 3.05) is 44.3 Å². The van der Waals surface area contributed by atoms with Crippen LogP contribution in [0.15, 0.2) is 35.2 Å². The van der Waals surface area contributed by atoms with Gasteiger partial charge in [-0.2, -0.15) is 0 Å². The molecule has 8 nitrogen and oxygen atoms in total. The zero-order valence-corrected chi connectivity index (χ0v) is 15.3. The van der Waals surface area contributed by atoms with E-state index in [4.69, 9.17) is 9.15 Å². The van der Waals surface area contributed by atoms with Crippen LogP contribution in [-0.4, -0.2) is 66.2 Å². The number of piperidine rings is 1. The fourth-order valence-corrected chi connectivity index (χ4v) is 3.56. The third-order valence-corrected chi connectivity index (χ3v) is 4.99. The lowest BCUT2D eigenvalue weighted by molar-refractivity contribution is 0.0313. The Hall–Kier alpha value is -2.45. The lowest BCUT2D eigenvalue weighted by Crippen LogP contribution is -2.48. The zero-order valence-electron chi connectivity index (χ0n) is 15.3. The van der Waals surface area contributed by atoms with Crippen molar-refractivity contribution in [2.45, 2.75) is 25.4 Å². The Kier molecular flexibility index (Phi) is 5.64. The van der Waals surface area contributed by atoms with Crippen LogP contribution in [-0.2, 0) is 11.3 Å². The quantitative estimate of drug-likeness (QED) is 0.848. The molecule has 1 N–H and O–H groups in total. The molecule has 27 heavy (non-hydrogen) atoms. The monoisotopic (exact) mass is 371 g/mol. The maximum Gasteiger partial charge on any atom is 0.254 e. The largest absolute Gasteiger partial charge is 0.467 e. The van der Waals surface area contributed by atoms with Crippen LogP contribution >= 0.6 is 0 Å². The summed E-state index contributed by atoms with van der Waals surface area (Å²) in [5, 5.41) is 3.12. The second-order valence-corrected chi connectivity index (χ2v) is 7.00. The highest BCUT2D eigenvalue weighted by atomic mass is 16.5. The number of nitrogens with zero attached hydrogens (tertiary/aromatic N) is 4. The van der Waals surface area contributed by atoms with E-state index in [0.29, 0.717) is 24.6 Å². The maximum atomic E-state index is 12.6. The predicted octanol–water partition coefficient (Wildman–Crippen LogP) is 1.30. The van der Waals surface area contributed by atoms with Gasteiger partial charge in [-0.3, -0.25) is 9.69 Å². The summed E-state index contributed by atoms with van der Waals surface area (Å²) in [4.78, 5) is 25.6. The third kappa shape index (κ3) is 4.64. The first-order chi connectivity index (χ1) is 13.3. The molecule has 0 bridgehead atoms. The second kappa shape index (κ2) is 8.49. The first-order valence-corrected chi connectivity index (χ1v) is 9.48. The highest BCUT2D eigenvalue weighted by Crippen LogP contribution is 2.17. The maximum absolute atomic E-state index is 12.6. The first-order valence-electron chi connectivity index (χ1n) is 9.48. The number of nitrogens with one attached hydrogen (secondary N) is 1. The van der Waals surface area contributed by atoms with Crippen molar-refractivity contribution in [3.05, 3.63) is 42.1 Å². The average Bonchev–Trinajstić information content (AvgIpc) is 3.18. The van der Waals surface area contributed by atoms with Gasteiger partial charge in [-0.25, -0.2) is 9.97 Å². The number of hydrogen-bond acceptors (Lipinski definition) is 7. The third-order valence-electron chi connectivity index (χ3n) is 4.99. The summed E-state index contributed by atoms with van der Waals surface area (Å²) in [6.07, 6.45) is 6.98. The van der Waals surface area contributed by atoms with Gasteiger partial charge in [0.2, 0.25) is 5.95 Å². The molecule has 2 aliphatic rings. The number of hydrogen-bond donors (Lipinski definition) is 1. The van der Waals surface area contributed by atoms with Crippen molar-refractivity contribution in [1.29, 1.82) is 0 Å². The number of carbonyl (C=O) groups excluding carboxylic acids is 1. The van der Waals surface area contributed by atoms with Gasteiger partial charge >= 0.3 is 0 Å². The van der Waals surface area contributed by atoms with E-state index in [0.717, 1.165) is 51.4 Å². The van der Waals surface area contributed by atoms with Crippen LogP contribution in [0.3, 0.4) is 0 Å². The fourth-order valence-electron chi connectivity index (χ4n) is 3.56. The molecule has 144 valence electrons. The topological polar surface area (TPSA) is 83.7 Å². The molecule has 2 fully saturated rings. The summed E-state index contributed by atoms with van der Waals surface area (Å²) in [6, 6.07) is 3.72. The molecular weight excluding hydrogens is 346 g/mol. The molecule has 2 aromatic rings. The standard InChI is InChI=1S/C19H25N5O3/c25-18(15-11-17(27-14-15)13-23-7-9-26-10-8-23)22-16-3-1-6-24(12-16)19-20-4-2-5-21-19/h2,4-5,11,14,16H,1,3,6-10,12-13H2,(H,22,25). The van der Waals surface area contributed by atoms with Crippen molar-refractivity contribution >= 4 is 11.9 Å². The fraction of sp³-hybridized carbons (Fsp3) is 0.526. The molecule has 2 saturated heterocycles. The van der Waals surface area contributed by atoms with Crippen molar-refractivity contribution < 1.29 is 13.9 Å². The molecule has 2 aliphatic heterocycles. The van der Waals surface area contributed by atoms with Gasteiger partial charge in [0.1, 0.15) is 12.0 Å². The minimum atomic E-state index is -0.0900. The van der Waals surface area contributed by atoms with E-state index in [1.165, 1.54) is 0 Å². The minimum Gasteiger partial charge on any atom is -0.467 e. The van der Waals surface area contributed by atoms with Crippen molar-refractivity contribution in [3.8, 4) is 0 Å². The number of carbonyl (C=O) groups is 1. The van der Waals surface area contributed by atoms with Gasteiger partial charge in [-0.1, -0.05) is 0 Å². The van der Waals surface area contributed by atoms with Crippen LogP contribution < -0.4 is 10.2 Å². The molecule has 2 aromatic heterocycles. The van der Waals surface area contributed by atoms with Crippen LogP contribution in [0, 0.1) is 0 Å². The smallest absolute Gasteiger partial charge is 0.254 e. The van der Waals surface area contributed by atoms with E-state index in [-0.39, 0.29) is 11.9 Å². The molecule has 4 heterocycles. The van der Waals surface area contributed by atoms with Gasteiger partial charge in [-0.15, -0.1) is 0 Å². The first kappa shape index (κ1) is 17.9. The second-order valence-electron chi connectivity index (χ2n) is 7.00. The molecular formula is C19H25N5O3. The van der Waals surface area contributed by atoms with E-state index in [1.807, 2.05) is 6.07 Å². The van der Waals surface area contributed by atoms with E-state index in [9.17, 15) is 4.79 Å². The van der Waals surface area contributed by atoms with E-state index in [2.05, 4.69) is 25.1 Å². The Morgan fingerprint density at radius 2 is 2.04 bits per heavy atom. The molecule has 4 rings (SSSR count). The molecule has 1 atom stereocenters. The SMILES string of the molecule is O=C(NC1CCCN(c2ncccn2)C1)c1coc(CN2CCOCC2)c1. The number of furan rings is 1. The van der Waals surface area contributed by atoms with E-state index < -0.39 is 0 Å². The van der Waals surface area contributed by atoms with Crippen LogP contribution in [0.4, 0.5) is 5.95 Å². The Bertz CT molecular complexity index is 745. The Balaban J connectivity index is 1.32. The van der Waals surface area contributed by atoms with Crippen molar-refractivity contribution in [2.24, 2.45) is 0 Å². The predicted molar refractivity (Wildman–Crippen MR) is 99.5 cm³/mol. The number of amides is 1. The molecule has 0 saturated carbocycles. The number of anilines is 1. The highest BCUT2D eigenvalue weighted by Gasteiger charge is 2.24. The lowest BCUT2D eigenvalue weighted by Gasteiger charge is -2.33. The van der Waals surface area contributed by atoms with Gasteiger partial charge in [-0.05, 0) is 25.0 Å². The molecule has 1 unspecified atom stereocenters. The van der Waals surface area contributed by atoms with Crippen LogP contribution in [0.1, 0.15) is 29.0 Å². The Morgan fingerprint density at radius 3 is 2.85 bits per heavy atom. The van der Waals surface area contributed by atoms with Gasteiger partial charge < -0.3 is 19.4 Å². The number of aromatic nitrogens is 2. The van der Waals surface area contributed by atoms with Crippen LogP contribution in [0.25, 0.3) is 0 Å². The minimum absolute atomic E-state index is 0.0765. The summed E-state index contributed by atoms with van der Waals surface area (Å²) in [6.45, 7) is 5.61. The highest BCUT2D eigenvalue weighted by molar-refractivity contribution is 5.94. The van der Waals surface area contributed by atoms with Gasteiger partial charge in [0, 0.05) is 44.6 Å². The van der Waals surface area contributed by atoms with Gasteiger partial charge in [0.05, 0.1) is 25.3 Å². The normalized spacial score (nSPS) is 21.2. The summed E-state index contributed by atoms with van der Waals surface area (Å²) in [7, 11) is 0. The number of morpholine rings is 1. The van der Waals surface area contributed by atoms with E-state index >= 15 is 0 Å². The molecule has 0 spiro atoms.